The third kappa shape index (κ3) is 29.7. The maximum atomic E-state index is 15.7. The Labute approximate surface area is 788 Å². The van der Waals surface area contributed by atoms with Crippen molar-refractivity contribution in [1.29, 1.82) is 5.41 Å². The van der Waals surface area contributed by atoms with E-state index in [9.17, 15) is 53.4 Å². The van der Waals surface area contributed by atoms with Gasteiger partial charge in [-0.3, -0.25) is 86.9 Å². The summed E-state index contributed by atoms with van der Waals surface area (Å²) in [5.41, 5.74) is 18.9. The van der Waals surface area contributed by atoms with Crippen LogP contribution in [0.1, 0.15) is 140 Å². The Bertz CT molecular complexity index is 5250. The summed E-state index contributed by atoms with van der Waals surface area (Å²) in [7, 11) is 3.83. The van der Waals surface area contributed by atoms with Gasteiger partial charge in [0.25, 0.3) is 5.91 Å². The largest absolute Gasteiger partial charge is 0.508 e. The second kappa shape index (κ2) is 50.5. The second-order valence-corrected chi connectivity index (χ2v) is 36.3. The van der Waals surface area contributed by atoms with E-state index in [0.29, 0.717) is 62.2 Å². The number of H-pyrrole nitrogens is 2. The number of amides is 17. The number of unbranched alkanes of at least 4 members (excludes halogenated alkanes) is 2. The molecule has 3 aliphatic heterocycles. The molecule has 0 aliphatic carbocycles. The molecule has 22 N–H and O–H groups in total. The topological polar surface area (TPSA) is 638 Å². The number of carbonyl (C=O) groups is 17. The lowest BCUT2D eigenvalue weighted by molar-refractivity contribution is -0.146. The van der Waals surface area contributed by atoms with Crippen molar-refractivity contribution in [3.63, 3.8) is 0 Å². The molecule has 43 nitrogen and oxygen atoms in total. The second-order valence-electron chi connectivity index (χ2n) is 34.1. The van der Waals surface area contributed by atoms with Crippen molar-refractivity contribution in [2.45, 2.75) is 222 Å². The van der Waals surface area contributed by atoms with Gasteiger partial charge in [-0.15, -0.1) is 23.1 Å². The van der Waals surface area contributed by atoms with Crippen molar-refractivity contribution in [2.24, 2.45) is 23.1 Å². The van der Waals surface area contributed by atoms with Crippen molar-refractivity contribution in [1.82, 2.24) is 103 Å². The number of thioether (sulfide) groups is 1. The number of aliphatic hydroxyl groups excluding tert-OH is 1. The fourth-order valence-corrected chi connectivity index (χ4v) is 18.0. The van der Waals surface area contributed by atoms with Gasteiger partial charge in [0.15, 0.2) is 5.96 Å². The van der Waals surface area contributed by atoms with Gasteiger partial charge in [0.2, 0.25) is 94.5 Å². The number of nitrogens with one attached hydrogen (secondary N) is 14. The lowest BCUT2D eigenvalue weighted by atomic mass is 10.0. The maximum Gasteiger partial charge on any atom is 0.268 e. The number of nitrogens with two attached hydrogens (primary N) is 3. The highest BCUT2D eigenvalue weighted by molar-refractivity contribution is 8.00. The van der Waals surface area contributed by atoms with Gasteiger partial charge in [-0.1, -0.05) is 95.5 Å². The molecule has 17 amide bonds. The molecule has 3 aromatic carbocycles. The molecular weight excluding hydrogens is 1790 g/mol. The van der Waals surface area contributed by atoms with Crippen molar-refractivity contribution >= 4 is 151 Å². The number of carbonyl (C=O) groups excluding carboxylic acids is 17. The van der Waals surface area contributed by atoms with E-state index in [2.05, 4.69) is 73.4 Å². The van der Waals surface area contributed by atoms with E-state index in [1.807, 2.05) is 6.92 Å². The lowest BCUT2D eigenvalue weighted by Crippen LogP contribution is -2.61. The van der Waals surface area contributed by atoms with Crippen LogP contribution in [0.15, 0.2) is 103 Å². The standard InChI is InChI=1S/C90H124N24O19S2/c1-9-11-24-67-82(126)102-58(23-17-33-96-90(93)94)78(122)109-66(77(121)98-44-73(92)118)46-134-47-74(119)100-62(37-51-29-31-54(116)32-30-51)85(129)110(6)50(5)76(120)105-63(40-72(91)117)88(132)114-35-19-27-69(114)84(128)104-60(39-53-43-95-48-99-53)80(124)106-61(36-49(3)4)87(131)113-34-18-26-68(113)83(127)103-59(38-52-42-97-56-21-14-13-20-55(52)56)79(123)108-65(45-115)81(125)107-64(41-75-101-57-22-15-16-28-71(57)135-75)86(130)112(8)70(25-12-10-2)89(133)111(67)7/h13-16,20-22,24,28-32,42-43,48-50,58-66,68-70,97,115-116H,9-12,17-19,23,25-27,33-41,44-47H2,1-8H3,(H2,91,117)(H2,92,118)(H,95,99)(H,98,121)(H,100,119)(H,102,126)(H,103,127)(H,104,128)(H,105,120)(H,106,124)(H,107,125)(H,108,123)(H,109,122)(H4,93,94,96)/b67-24+/t50-,58-,59-,60-,61-,62-,63-,64-,65-,66-,68-,69-,70-/m0/s1. The van der Waals surface area contributed by atoms with E-state index in [1.54, 1.807) is 75.5 Å². The number of primary amides is 2. The number of aliphatic hydroxyl groups is 1. The number of hydrogen-bond acceptors (Lipinski definition) is 24. The summed E-state index contributed by atoms with van der Waals surface area (Å²) in [6, 6.07) is -0.269. The van der Waals surface area contributed by atoms with Crippen molar-refractivity contribution < 1.29 is 91.7 Å². The summed E-state index contributed by atoms with van der Waals surface area (Å²) in [4.78, 5) is 271. The Balaban J connectivity index is 1.10. The van der Waals surface area contributed by atoms with Crippen LogP contribution in [0.25, 0.3) is 21.1 Å². The van der Waals surface area contributed by atoms with Crippen molar-refractivity contribution in [2.75, 3.05) is 65.4 Å². The quantitative estimate of drug-likeness (QED) is 0.0132. The van der Waals surface area contributed by atoms with Crippen LogP contribution in [0, 0.1) is 11.3 Å². The molecule has 3 saturated heterocycles. The Morgan fingerprint density at radius 3 is 1.83 bits per heavy atom. The highest BCUT2D eigenvalue weighted by Crippen LogP contribution is 2.29. The van der Waals surface area contributed by atoms with E-state index in [4.69, 9.17) is 27.6 Å². The number of fused-ring (bicyclic) bond motifs is 4. The summed E-state index contributed by atoms with van der Waals surface area (Å²) in [5, 5.41) is 59.4. The first kappa shape index (κ1) is 105. The summed E-state index contributed by atoms with van der Waals surface area (Å²) in [6.07, 6.45) is 5.53. The predicted octanol–water partition coefficient (Wildman–Crippen LogP) is -1.65. The van der Waals surface area contributed by atoms with Gasteiger partial charge in [0.1, 0.15) is 90.0 Å². The van der Waals surface area contributed by atoms with Crippen LogP contribution in [-0.4, -0.2) is 305 Å². The van der Waals surface area contributed by atoms with Gasteiger partial charge in [0.05, 0.1) is 46.9 Å². The number of hydrogen-bond donors (Lipinski definition) is 19. The fourth-order valence-electron chi connectivity index (χ4n) is 16.1. The van der Waals surface area contributed by atoms with Gasteiger partial charge in [-0.2, -0.15) is 0 Å². The van der Waals surface area contributed by atoms with Crippen molar-refractivity contribution in [3.05, 3.63) is 125 Å². The zero-order valence-corrected chi connectivity index (χ0v) is 78.4. The molecule has 3 aliphatic rings. The number of likely N-dealkylation sites (N-methyl/N-ethyl adjacent to an activating group) is 3. The number of aromatic amines is 2. The minimum Gasteiger partial charge on any atom is -0.508 e. The Morgan fingerprint density at radius 1 is 0.607 bits per heavy atom. The molecule has 6 heterocycles. The number of para-hydroxylation sites is 2. The molecule has 730 valence electrons. The third-order valence-electron chi connectivity index (χ3n) is 23.5. The van der Waals surface area contributed by atoms with Gasteiger partial charge >= 0.3 is 0 Å². The highest BCUT2D eigenvalue weighted by atomic mass is 32.2. The molecule has 6 aromatic rings. The molecule has 135 heavy (non-hydrogen) atoms. The normalized spacial score (nSPS) is 24.0. The number of allylic oxidation sites excluding steroid dienone is 1. The molecule has 45 heteroatoms. The molecule has 13 atom stereocenters. The molecule has 0 spiro atoms. The molecule has 3 fully saturated rings. The number of guanidine groups is 1. The summed E-state index contributed by atoms with van der Waals surface area (Å²) < 4.78 is 0.708. The van der Waals surface area contributed by atoms with Gasteiger partial charge in [-0.05, 0) is 112 Å². The van der Waals surface area contributed by atoms with Crippen LogP contribution < -0.4 is 75.7 Å². The van der Waals surface area contributed by atoms with Gasteiger partial charge in [-0.25, -0.2) is 9.97 Å². The number of imidazole rings is 1. The third-order valence-corrected chi connectivity index (χ3v) is 25.6. The number of rotatable bonds is 25. The first-order chi connectivity index (χ1) is 64.4. The number of phenolic OH excluding ortho intramolecular Hbond substituents is 1. The number of phenols is 1. The lowest BCUT2D eigenvalue weighted by Gasteiger charge is -2.34. The SMILES string of the molecule is CCC/C=C1\C(=O)N[C@@H](CCCNC(=N)N)C(=O)N[C@H](C(=O)NCC(N)=O)CSCC(=O)N[C@@H](Cc2ccc(O)cc2)C(=O)N(C)[C@@H](C)C(=O)N[C@@H](CC(N)=O)C(=O)N2CCC[C@H]2C(=O)N[C@@H](Cc2cnc[nH]2)C(=O)N[C@@H](CC(C)C)C(=O)N2CCC[C@H]2C(=O)N[C@@H](Cc2c[nH]c3ccccc23)C(=O)N[C@@H](CO)C(=O)N[C@@H](Cc2nc3ccccc3s2)C(=O)N(C)[C@@H](CCCC)C(=O)N1C. The van der Waals surface area contributed by atoms with Crippen LogP contribution in [0.5, 0.6) is 5.75 Å². The molecule has 0 saturated carbocycles. The Morgan fingerprint density at radius 2 is 1.21 bits per heavy atom. The van der Waals surface area contributed by atoms with Gasteiger partial charge < -0.3 is 120 Å². The smallest absolute Gasteiger partial charge is 0.268 e. The zero-order chi connectivity index (χ0) is 98.4. The number of nitrogens with zero attached hydrogens (tertiary/aromatic N) is 7. The fraction of sp³-hybridized carbons (Fsp3) is 0.511. The zero-order valence-electron chi connectivity index (χ0n) is 76.8. The van der Waals surface area contributed by atoms with Crippen LogP contribution >= 0.6 is 23.1 Å². The first-order valence-corrected chi connectivity index (χ1v) is 47.0. The number of aromatic hydroxyl groups is 1. The molecule has 0 unspecified atom stereocenters. The first-order valence-electron chi connectivity index (χ1n) is 45.0. The number of benzene rings is 3. The van der Waals surface area contributed by atoms with Gasteiger partial charge in [0, 0.05) is 101 Å². The maximum absolute atomic E-state index is 15.7. The Kier molecular flexibility index (Phi) is 39.3. The summed E-state index contributed by atoms with van der Waals surface area (Å²) in [5.74, 6) is -17.7. The average Bonchev–Trinajstić information content (AvgIpc) is 1.78. The highest BCUT2D eigenvalue weighted by Gasteiger charge is 2.45. The van der Waals surface area contributed by atoms with E-state index in [0.717, 1.165) is 31.4 Å². The van der Waals surface area contributed by atoms with Crippen LogP contribution in [0.2, 0.25) is 0 Å². The predicted molar refractivity (Wildman–Crippen MR) is 499 cm³/mol. The van der Waals surface area contributed by atoms with E-state index in [1.165, 1.54) is 87.2 Å². The minimum absolute atomic E-state index is 0.00372. The number of aromatic nitrogens is 4. The monoisotopic (exact) mass is 1910 g/mol. The van der Waals surface area contributed by atoms with E-state index in [-0.39, 0.29) is 120 Å². The van der Waals surface area contributed by atoms with Crippen LogP contribution in [0.4, 0.5) is 0 Å². The molecule has 0 radical (unpaired) electrons. The van der Waals surface area contributed by atoms with Crippen LogP contribution in [0.3, 0.4) is 0 Å². The Hall–Kier alpha value is -13.6. The van der Waals surface area contributed by atoms with Crippen molar-refractivity contribution in [3.8, 4) is 5.75 Å². The summed E-state index contributed by atoms with van der Waals surface area (Å²) >= 11 is 1.96. The average molecular weight is 1910 g/mol. The molecule has 3 aromatic heterocycles. The number of thiazole rings is 1. The summed E-state index contributed by atoms with van der Waals surface area (Å²) in [6.45, 7) is 6.54. The van der Waals surface area contributed by atoms with E-state index >= 15 is 38.4 Å². The molecule has 0 bridgehead atoms. The minimum atomic E-state index is -1.86. The molecule has 9 rings (SSSR count). The van der Waals surface area contributed by atoms with Crippen LogP contribution in [-0.2, 0) is 107 Å². The molecular formula is C90H124N24O19S2. The van der Waals surface area contributed by atoms with E-state index < -0.39 is 216 Å².